The number of carbonyl (C=O) groups excluding carboxylic acids is 3. The predicted molar refractivity (Wildman–Crippen MR) is 119 cm³/mol. The third-order valence-corrected chi connectivity index (χ3v) is 5.95. The van der Waals surface area contributed by atoms with E-state index in [1.165, 1.54) is 12.1 Å². The molecule has 0 unspecified atom stereocenters. The largest absolute Gasteiger partial charge is 0.454 e. The molecule has 1 fully saturated rings. The molecule has 0 saturated carbocycles. The molecule has 2 aliphatic rings. The number of nitrogens with one attached hydrogen (secondary N) is 2. The van der Waals surface area contributed by atoms with Gasteiger partial charge in [-0.15, -0.1) is 0 Å². The van der Waals surface area contributed by atoms with Gasteiger partial charge in [-0.3, -0.25) is 14.5 Å². The first-order valence-electron chi connectivity index (χ1n) is 10.1. The molecule has 2 aliphatic heterocycles. The highest BCUT2D eigenvalue weighted by atomic mass is 35.5. The molecule has 1 atom stereocenters. The minimum atomic E-state index is -1.26. The summed E-state index contributed by atoms with van der Waals surface area (Å²) in [5.41, 5.74) is 0.754. The zero-order chi connectivity index (χ0) is 23.3. The van der Waals surface area contributed by atoms with Crippen molar-refractivity contribution in [3.8, 4) is 11.5 Å². The number of halogens is 1. The Bertz CT molecular complexity index is 1110. The second-order valence-corrected chi connectivity index (χ2v) is 9.41. The second-order valence-electron chi connectivity index (χ2n) is 9.01. The number of benzene rings is 2. The number of rotatable bonds is 4. The normalized spacial score (nSPS) is 19.8. The standard InChI is InChI=1S/C23H24ClN3O5/c1-22(2,3)13-5-7-14(8-6-13)23(4)20(29)27(21(30)26-23)11-19(28)25-16-10-18-17(9-15(16)24)31-12-32-18/h5-10H,11-12H2,1-4H3,(H,25,28)(H,26,30)/t23-/m1/s1. The Balaban J connectivity index is 1.49. The summed E-state index contributed by atoms with van der Waals surface area (Å²) >= 11 is 6.19. The van der Waals surface area contributed by atoms with E-state index < -0.39 is 29.9 Å². The SMILES string of the molecule is CC(C)(C)c1ccc([C@@]2(C)NC(=O)N(CC(=O)Nc3cc4c(cc3Cl)OCO4)C2=O)cc1. The Hall–Kier alpha value is -3.26. The molecule has 2 aromatic rings. The van der Waals surface area contributed by atoms with Gasteiger partial charge in [-0.05, 0) is 23.5 Å². The molecule has 0 aliphatic carbocycles. The summed E-state index contributed by atoms with van der Waals surface area (Å²) in [7, 11) is 0. The van der Waals surface area contributed by atoms with Gasteiger partial charge in [0.05, 0.1) is 10.7 Å². The fraction of sp³-hybridized carbons (Fsp3) is 0.348. The third-order valence-electron chi connectivity index (χ3n) is 5.64. The van der Waals surface area contributed by atoms with Crippen molar-refractivity contribution < 1.29 is 23.9 Å². The van der Waals surface area contributed by atoms with Crippen LogP contribution >= 0.6 is 11.6 Å². The van der Waals surface area contributed by atoms with E-state index in [0.29, 0.717) is 22.7 Å². The van der Waals surface area contributed by atoms with Crippen LogP contribution in [0.25, 0.3) is 0 Å². The molecule has 4 amide bonds. The molecule has 2 N–H and O–H groups in total. The molecule has 1 saturated heterocycles. The summed E-state index contributed by atoms with van der Waals surface area (Å²) in [4.78, 5) is 39.2. The molecule has 2 aromatic carbocycles. The minimum Gasteiger partial charge on any atom is -0.454 e. The Morgan fingerprint density at radius 3 is 2.41 bits per heavy atom. The zero-order valence-electron chi connectivity index (χ0n) is 18.2. The number of nitrogens with zero attached hydrogens (tertiary/aromatic N) is 1. The molecular weight excluding hydrogens is 434 g/mol. The lowest BCUT2D eigenvalue weighted by molar-refractivity contribution is -0.133. The number of ether oxygens (including phenoxy) is 2. The van der Waals surface area contributed by atoms with E-state index in [2.05, 4.69) is 31.4 Å². The Kier molecular flexibility index (Phi) is 5.29. The van der Waals surface area contributed by atoms with E-state index >= 15 is 0 Å². The number of amides is 4. The molecular formula is C23H24ClN3O5. The quantitative estimate of drug-likeness (QED) is 0.681. The number of urea groups is 1. The van der Waals surface area contributed by atoms with Crippen molar-refractivity contribution in [2.45, 2.75) is 38.6 Å². The van der Waals surface area contributed by atoms with Gasteiger partial charge >= 0.3 is 6.03 Å². The van der Waals surface area contributed by atoms with E-state index in [4.69, 9.17) is 21.1 Å². The smallest absolute Gasteiger partial charge is 0.325 e. The molecule has 9 heteroatoms. The topological polar surface area (TPSA) is 97.0 Å². The number of anilines is 1. The maximum absolute atomic E-state index is 13.1. The van der Waals surface area contributed by atoms with Crippen LogP contribution < -0.4 is 20.1 Å². The lowest BCUT2D eigenvalue weighted by atomic mass is 9.84. The fourth-order valence-corrected chi connectivity index (χ4v) is 3.89. The molecule has 0 spiro atoms. The van der Waals surface area contributed by atoms with E-state index in [9.17, 15) is 14.4 Å². The first-order valence-corrected chi connectivity index (χ1v) is 10.5. The maximum atomic E-state index is 13.1. The van der Waals surface area contributed by atoms with Crippen LogP contribution in [0.5, 0.6) is 11.5 Å². The molecule has 168 valence electrons. The summed E-state index contributed by atoms with van der Waals surface area (Å²) in [6.07, 6.45) is 0. The Labute approximate surface area is 190 Å². The summed E-state index contributed by atoms with van der Waals surface area (Å²) in [5, 5.41) is 5.59. The molecule has 2 heterocycles. The first-order chi connectivity index (χ1) is 15.0. The molecule has 8 nitrogen and oxygen atoms in total. The molecule has 0 radical (unpaired) electrons. The van der Waals surface area contributed by atoms with Gasteiger partial charge in [-0.2, -0.15) is 0 Å². The summed E-state index contributed by atoms with van der Waals surface area (Å²) in [6.45, 7) is 7.54. The molecule has 0 aromatic heterocycles. The lowest BCUT2D eigenvalue weighted by Crippen LogP contribution is -2.42. The number of fused-ring (bicyclic) bond motifs is 1. The Morgan fingerprint density at radius 1 is 1.16 bits per heavy atom. The zero-order valence-corrected chi connectivity index (χ0v) is 19.0. The highest BCUT2D eigenvalue weighted by molar-refractivity contribution is 6.34. The maximum Gasteiger partial charge on any atom is 0.325 e. The van der Waals surface area contributed by atoms with Crippen molar-refractivity contribution in [2.75, 3.05) is 18.7 Å². The van der Waals surface area contributed by atoms with E-state index in [1.807, 2.05) is 24.3 Å². The van der Waals surface area contributed by atoms with Gasteiger partial charge in [-0.25, -0.2) is 4.79 Å². The van der Waals surface area contributed by atoms with Crippen molar-refractivity contribution >= 4 is 35.1 Å². The Morgan fingerprint density at radius 2 is 1.78 bits per heavy atom. The average molecular weight is 458 g/mol. The summed E-state index contributed by atoms with van der Waals surface area (Å²) < 4.78 is 10.5. The summed E-state index contributed by atoms with van der Waals surface area (Å²) in [5.74, 6) is -0.138. The predicted octanol–water partition coefficient (Wildman–Crippen LogP) is 3.77. The van der Waals surface area contributed by atoms with Crippen LogP contribution in [-0.4, -0.2) is 36.1 Å². The van der Waals surface area contributed by atoms with Gasteiger partial charge in [0.25, 0.3) is 5.91 Å². The number of imide groups is 1. The van der Waals surface area contributed by atoms with Crippen molar-refractivity contribution in [1.29, 1.82) is 0 Å². The highest BCUT2D eigenvalue weighted by Gasteiger charge is 2.49. The van der Waals surface area contributed by atoms with Crippen LogP contribution in [-0.2, 0) is 20.5 Å². The number of hydrogen-bond acceptors (Lipinski definition) is 5. The monoisotopic (exact) mass is 457 g/mol. The second kappa shape index (κ2) is 7.70. The number of hydrogen-bond donors (Lipinski definition) is 2. The van der Waals surface area contributed by atoms with Crippen molar-refractivity contribution in [3.05, 3.63) is 52.5 Å². The van der Waals surface area contributed by atoms with Gasteiger partial charge in [-0.1, -0.05) is 56.6 Å². The van der Waals surface area contributed by atoms with Crippen LogP contribution in [0.4, 0.5) is 10.5 Å². The van der Waals surface area contributed by atoms with Crippen molar-refractivity contribution in [1.82, 2.24) is 10.2 Å². The van der Waals surface area contributed by atoms with Crippen LogP contribution in [0, 0.1) is 0 Å². The molecule has 4 rings (SSSR count). The van der Waals surface area contributed by atoms with Crippen LogP contribution in [0.3, 0.4) is 0 Å². The summed E-state index contributed by atoms with van der Waals surface area (Å²) in [6, 6.07) is 9.97. The lowest BCUT2D eigenvalue weighted by Gasteiger charge is -2.24. The van der Waals surface area contributed by atoms with E-state index in [-0.39, 0.29) is 17.2 Å². The highest BCUT2D eigenvalue weighted by Crippen LogP contribution is 2.39. The molecule has 32 heavy (non-hydrogen) atoms. The van der Waals surface area contributed by atoms with Gasteiger partial charge in [0.15, 0.2) is 11.5 Å². The van der Waals surface area contributed by atoms with Crippen molar-refractivity contribution in [2.24, 2.45) is 0 Å². The van der Waals surface area contributed by atoms with Gasteiger partial charge in [0, 0.05) is 12.1 Å². The van der Waals surface area contributed by atoms with Crippen LogP contribution in [0.15, 0.2) is 36.4 Å². The first kappa shape index (κ1) is 22.0. The van der Waals surface area contributed by atoms with Crippen molar-refractivity contribution in [3.63, 3.8) is 0 Å². The molecule has 0 bridgehead atoms. The number of carbonyl (C=O) groups is 3. The average Bonchev–Trinajstić information content (AvgIpc) is 3.25. The van der Waals surface area contributed by atoms with Gasteiger partial charge in [0.2, 0.25) is 12.7 Å². The minimum absolute atomic E-state index is 0.0392. The van der Waals surface area contributed by atoms with Crippen LogP contribution in [0.1, 0.15) is 38.8 Å². The fourth-order valence-electron chi connectivity index (χ4n) is 3.69. The van der Waals surface area contributed by atoms with Gasteiger partial charge in [0.1, 0.15) is 12.1 Å². The van der Waals surface area contributed by atoms with E-state index in [1.54, 1.807) is 6.92 Å². The van der Waals surface area contributed by atoms with Gasteiger partial charge < -0.3 is 20.1 Å². The van der Waals surface area contributed by atoms with Crippen LogP contribution in [0.2, 0.25) is 5.02 Å². The van der Waals surface area contributed by atoms with E-state index in [0.717, 1.165) is 10.5 Å². The third kappa shape index (κ3) is 3.86.